The highest BCUT2D eigenvalue weighted by molar-refractivity contribution is 5.81. The third-order valence-electron chi connectivity index (χ3n) is 4.38. The lowest BCUT2D eigenvalue weighted by molar-refractivity contribution is -0.128. The van der Waals surface area contributed by atoms with Crippen LogP contribution in [-0.2, 0) is 4.79 Å². The van der Waals surface area contributed by atoms with Crippen LogP contribution in [0.15, 0.2) is 42.5 Å². The third kappa shape index (κ3) is 4.99. The summed E-state index contributed by atoms with van der Waals surface area (Å²) in [6.45, 7) is 7.99. The first-order valence-corrected chi connectivity index (χ1v) is 8.62. The van der Waals surface area contributed by atoms with Gasteiger partial charge in [0.1, 0.15) is 11.5 Å². The van der Waals surface area contributed by atoms with Crippen LogP contribution in [0.2, 0.25) is 0 Å². The van der Waals surface area contributed by atoms with Crippen LogP contribution < -0.4 is 14.8 Å². The van der Waals surface area contributed by atoms with Crippen molar-refractivity contribution in [2.24, 2.45) is 0 Å². The fourth-order valence-corrected chi connectivity index (χ4v) is 2.62. The van der Waals surface area contributed by atoms with Gasteiger partial charge in [-0.3, -0.25) is 4.79 Å². The summed E-state index contributed by atoms with van der Waals surface area (Å²) in [4.78, 5) is 12.5. The molecule has 2 rings (SSSR count). The second-order valence-electron chi connectivity index (χ2n) is 6.25. The molecule has 0 heterocycles. The molecule has 134 valence electrons. The predicted molar refractivity (Wildman–Crippen MR) is 100 cm³/mol. The molecule has 1 N–H and O–H groups in total. The second-order valence-corrected chi connectivity index (χ2v) is 6.25. The van der Waals surface area contributed by atoms with E-state index in [9.17, 15) is 4.79 Å². The minimum atomic E-state index is -0.590. The van der Waals surface area contributed by atoms with E-state index in [0.717, 1.165) is 12.0 Å². The smallest absolute Gasteiger partial charge is 0.261 e. The minimum Gasteiger partial charge on any atom is -0.497 e. The van der Waals surface area contributed by atoms with Crippen molar-refractivity contribution < 1.29 is 14.3 Å². The molecule has 25 heavy (non-hydrogen) atoms. The van der Waals surface area contributed by atoms with E-state index in [1.807, 2.05) is 18.2 Å². The van der Waals surface area contributed by atoms with Crippen LogP contribution in [0.1, 0.15) is 43.0 Å². The molecular formula is C21H27NO3. The number of methoxy groups -OCH3 is 1. The molecule has 0 aromatic heterocycles. The average Bonchev–Trinajstić information content (AvgIpc) is 2.62. The Morgan fingerprint density at radius 3 is 2.44 bits per heavy atom. The molecule has 0 saturated heterocycles. The summed E-state index contributed by atoms with van der Waals surface area (Å²) in [7, 11) is 1.60. The number of ether oxygens (including phenoxy) is 2. The number of benzene rings is 2. The van der Waals surface area contributed by atoms with Gasteiger partial charge in [0.2, 0.25) is 0 Å². The van der Waals surface area contributed by atoms with Gasteiger partial charge in [0.05, 0.1) is 13.2 Å². The van der Waals surface area contributed by atoms with Crippen molar-refractivity contribution in [1.29, 1.82) is 0 Å². The van der Waals surface area contributed by atoms with Gasteiger partial charge in [-0.05, 0) is 56.0 Å². The first kappa shape index (κ1) is 18.8. The van der Waals surface area contributed by atoms with Crippen LogP contribution in [-0.4, -0.2) is 19.1 Å². The van der Waals surface area contributed by atoms with Crippen LogP contribution in [0.25, 0.3) is 0 Å². The van der Waals surface area contributed by atoms with Crippen LogP contribution in [0.5, 0.6) is 11.5 Å². The summed E-state index contributed by atoms with van der Waals surface area (Å²) in [5.74, 6) is 1.18. The maximum absolute atomic E-state index is 12.5. The zero-order valence-electron chi connectivity index (χ0n) is 15.6. The van der Waals surface area contributed by atoms with Crippen LogP contribution in [0.3, 0.4) is 0 Å². The molecule has 0 unspecified atom stereocenters. The van der Waals surface area contributed by atoms with Gasteiger partial charge in [0, 0.05) is 6.07 Å². The molecule has 4 heteroatoms. The van der Waals surface area contributed by atoms with Crippen molar-refractivity contribution in [2.45, 2.75) is 46.3 Å². The van der Waals surface area contributed by atoms with E-state index < -0.39 is 6.10 Å². The lowest BCUT2D eigenvalue weighted by Crippen LogP contribution is -2.38. The molecule has 4 nitrogen and oxygen atoms in total. The number of hydrogen-bond acceptors (Lipinski definition) is 3. The monoisotopic (exact) mass is 341 g/mol. The van der Waals surface area contributed by atoms with Gasteiger partial charge in [0.25, 0.3) is 5.91 Å². The van der Waals surface area contributed by atoms with E-state index in [0.29, 0.717) is 11.5 Å². The molecule has 0 bridgehead atoms. The van der Waals surface area contributed by atoms with Crippen LogP contribution in [0.4, 0.5) is 0 Å². The second kappa shape index (κ2) is 8.56. The topological polar surface area (TPSA) is 47.6 Å². The number of nitrogens with one attached hydrogen (secondary N) is 1. The Labute approximate surface area is 150 Å². The van der Waals surface area contributed by atoms with Crippen LogP contribution in [0, 0.1) is 13.8 Å². The largest absolute Gasteiger partial charge is 0.497 e. The highest BCUT2D eigenvalue weighted by Gasteiger charge is 2.19. The number of aryl methyl sites for hydroxylation is 2. The van der Waals surface area contributed by atoms with Gasteiger partial charge in [-0.2, -0.15) is 0 Å². The molecule has 0 aliphatic rings. The molecule has 0 radical (unpaired) electrons. The maximum Gasteiger partial charge on any atom is 0.261 e. The van der Waals surface area contributed by atoms with Gasteiger partial charge in [-0.25, -0.2) is 0 Å². The quantitative estimate of drug-likeness (QED) is 0.814. The molecule has 0 aliphatic carbocycles. The Kier molecular flexibility index (Phi) is 6.45. The Balaban J connectivity index is 2.03. The summed E-state index contributed by atoms with van der Waals surface area (Å²) in [5, 5.41) is 3.08. The zero-order valence-corrected chi connectivity index (χ0v) is 15.6. The lowest BCUT2D eigenvalue weighted by Gasteiger charge is -2.22. The molecule has 1 amide bonds. The van der Waals surface area contributed by atoms with E-state index in [1.165, 1.54) is 11.1 Å². The number of rotatable bonds is 7. The molecule has 2 aromatic rings. The average molecular weight is 341 g/mol. The number of carbonyl (C=O) groups excluding carboxylic acids is 1. The summed E-state index contributed by atoms with van der Waals surface area (Å²) in [5.41, 5.74) is 3.60. The highest BCUT2D eigenvalue weighted by atomic mass is 16.5. The first-order chi connectivity index (χ1) is 11.9. The fraction of sp³-hybridized carbons (Fsp3) is 0.381. The van der Waals surface area contributed by atoms with Crippen molar-refractivity contribution in [3.63, 3.8) is 0 Å². The fourth-order valence-electron chi connectivity index (χ4n) is 2.62. The van der Waals surface area contributed by atoms with Crippen molar-refractivity contribution >= 4 is 5.91 Å². The summed E-state index contributed by atoms with van der Waals surface area (Å²) in [6.07, 6.45) is 0.229. The summed E-state index contributed by atoms with van der Waals surface area (Å²) < 4.78 is 10.9. The van der Waals surface area contributed by atoms with Gasteiger partial charge in [-0.1, -0.05) is 31.2 Å². The standard InChI is InChI=1S/C21H27NO3/c1-6-20(17-11-10-14(2)15(3)12-17)22-21(23)16(4)25-19-9-7-8-18(13-19)24-5/h7-13,16,20H,6H2,1-5H3,(H,22,23)/t16-,20-/m0/s1. The van der Waals surface area contributed by atoms with Gasteiger partial charge in [-0.15, -0.1) is 0 Å². The van der Waals surface area contributed by atoms with Crippen molar-refractivity contribution in [3.05, 3.63) is 59.2 Å². The number of carbonyl (C=O) groups is 1. The number of amides is 1. The maximum atomic E-state index is 12.5. The van der Waals surface area contributed by atoms with Gasteiger partial charge in [0.15, 0.2) is 6.10 Å². The molecule has 0 saturated carbocycles. The molecule has 0 spiro atoms. The Bertz CT molecular complexity index is 727. The minimum absolute atomic E-state index is 0.0249. The Morgan fingerprint density at radius 1 is 1.08 bits per heavy atom. The van der Waals surface area contributed by atoms with E-state index in [2.05, 4.69) is 44.3 Å². The Morgan fingerprint density at radius 2 is 1.80 bits per heavy atom. The summed E-state index contributed by atoms with van der Waals surface area (Å²) >= 11 is 0. The third-order valence-corrected chi connectivity index (χ3v) is 4.38. The van der Waals surface area contributed by atoms with Crippen molar-refractivity contribution in [1.82, 2.24) is 5.32 Å². The van der Waals surface area contributed by atoms with E-state index in [-0.39, 0.29) is 11.9 Å². The molecule has 2 atom stereocenters. The predicted octanol–water partition coefficient (Wildman–Crippen LogP) is 4.35. The van der Waals surface area contributed by atoms with E-state index in [1.54, 1.807) is 20.1 Å². The van der Waals surface area contributed by atoms with E-state index in [4.69, 9.17) is 9.47 Å². The molecule has 2 aromatic carbocycles. The van der Waals surface area contributed by atoms with Crippen molar-refractivity contribution in [3.8, 4) is 11.5 Å². The molecule has 0 aliphatic heterocycles. The summed E-state index contributed by atoms with van der Waals surface area (Å²) in [6, 6.07) is 13.5. The number of hydrogen-bond donors (Lipinski definition) is 1. The first-order valence-electron chi connectivity index (χ1n) is 8.62. The van der Waals surface area contributed by atoms with Crippen molar-refractivity contribution in [2.75, 3.05) is 7.11 Å². The zero-order chi connectivity index (χ0) is 18.4. The molecule has 0 fully saturated rings. The highest BCUT2D eigenvalue weighted by Crippen LogP contribution is 2.22. The van der Waals surface area contributed by atoms with Gasteiger partial charge < -0.3 is 14.8 Å². The van der Waals surface area contributed by atoms with E-state index >= 15 is 0 Å². The normalized spacial score (nSPS) is 13.0. The lowest BCUT2D eigenvalue weighted by atomic mass is 9.99. The molecular weight excluding hydrogens is 314 g/mol. The Hall–Kier alpha value is -2.49. The van der Waals surface area contributed by atoms with Gasteiger partial charge >= 0.3 is 0 Å². The van der Waals surface area contributed by atoms with Crippen LogP contribution >= 0.6 is 0 Å². The SMILES string of the molecule is CC[C@H](NC(=O)[C@H](C)Oc1cccc(OC)c1)c1ccc(C)c(C)c1.